The van der Waals surface area contributed by atoms with Crippen LogP contribution in [0.5, 0.6) is 0 Å². The predicted octanol–water partition coefficient (Wildman–Crippen LogP) is 3.00. The molecule has 1 aromatic carbocycles. The molecular formula is C17H22N2O4S. The van der Waals surface area contributed by atoms with E-state index in [-0.39, 0.29) is 16.8 Å². The Hall–Kier alpha value is -2.15. The maximum Gasteiger partial charge on any atom is 0.264 e. The van der Waals surface area contributed by atoms with E-state index in [1.807, 2.05) is 20.8 Å². The predicted molar refractivity (Wildman–Crippen MR) is 92.1 cm³/mol. The number of hydrogen-bond donors (Lipinski definition) is 0. The van der Waals surface area contributed by atoms with Crippen molar-refractivity contribution in [3.63, 3.8) is 0 Å². The molecule has 130 valence electrons. The first-order valence-electron chi connectivity index (χ1n) is 7.75. The van der Waals surface area contributed by atoms with Crippen molar-refractivity contribution in [1.82, 2.24) is 5.16 Å². The summed E-state index contributed by atoms with van der Waals surface area (Å²) in [7, 11) is -3.27. The molecule has 7 heteroatoms. The Labute approximate surface area is 142 Å². The Balaban J connectivity index is 2.46. The third-order valence-corrected chi connectivity index (χ3v) is 4.89. The highest BCUT2D eigenvalue weighted by atomic mass is 32.2. The molecule has 6 nitrogen and oxygen atoms in total. The lowest BCUT2D eigenvalue weighted by molar-refractivity contribution is 0.0978. The van der Waals surface area contributed by atoms with E-state index >= 15 is 0 Å². The van der Waals surface area contributed by atoms with E-state index in [1.165, 1.54) is 12.1 Å². The topological polar surface area (TPSA) is 80.5 Å². The molecule has 2 rings (SSSR count). The van der Waals surface area contributed by atoms with Crippen molar-refractivity contribution < 1.29 is 17.7 Å². The van der Waals surface area contributed by atoms with Crippen LogP contribution in [0.4, 0.5) is 5.69 Å². The van der Waals surface area contributed by atoms with Crippen LogP contribution < -0.4 is 4.90 Å². The van der Waals surface area contributed by atoms with Gasteiger partial charge in [0, 0.05) is 18.0 Å². The van der Waals surface area contributed by atoms with Crippen molar-refractivity contribution in [2.45, 2.75) is 45.1 Å². The van der Waals surface area contributed by atoms with Crippen molar-refractivity contribution in [3.05, 3.63) is 41.3 Å². The van der Waals surface area contributed by atoms with Gasteiger partial charge in [0.05, 0.1) is 10.6 Å². The minimum atomic E-state index is -3.27. The average molecular weight is 350 g/mol. The molecule has 2 aromatic rings. The first-order chi connectivity index (χ1) is 11.2. The number of carbonyl (C=O) groups is 1. The molecule has 0 fully saturated rings. The lowest BCUT2D eigenvalue weighted by Gasteiger charge is -2.27. The van der Waals surface area contributed by atoms with E-state index in [2.05, 4.69) is 5.16 Å². The Morgan fingerprint density at radius 3 is 2.29 bits per heavy atom. The second-order valence-electron chi connectivity index (χ2n) is 5.95. The number of hydrogen-bond acceptors (Lipinski definition) is 5. The molecule has 24 heavy (non-hydrogen) atoms. The van der Waals surface area contributed by atoms with Crippen molar-refractivity contribution >= 4 is 21.4 Å². The summed E-state index contributed by atoms with van der Waals surface area (Å²) < 4.78 is 28.4. The zero-order valence-electron chi connectivity index (χ0n) is 14.5. The van der Waals surface area contributed by atoms with Crippen LogP contribution in [0.1, 0.15) is 42.6 Å². The lowest BCUT2D eigenvalue weighted by atomic mass is 10.1. The van der Waals surface area contributed by atoms with Crippen LogP contribution >= 0.6 is 0 Å². The first-order valence-corrected chi connectivity index (χ1v) is 9.64. The van der Waals surface area contributed by atoms with E-state index in [4.69, 9.17) is 4.52 Å². The summed E-state index contributed by atoms with van der Waals surface area (Å²) in [5.74, 6) is 0.281. The van der Waals surface area contributed by atoms with Crippen LogP contribution in [0.15, 0.2) is 33.7 Å². The SMILES string of the molecule is CCc1noc(C)c1C(=O)N(c1ccc(S(C)(=O)=O)cc1)C(C)C. The van der Waals surface area contributed by atoms with Gasteiger partial charge >= 0.3 is 0 Å². The van der Waals surface area contributed by atoms with E-state index in [1.54, 1.807) is 24.0 Å². The molecular weight excluding hydrogens is 328 g/mol. The summed E-state index contributed by atoms with van der Waals surface area (Å²) in [5.41, 5.74) is 1.72. The smallest absolute Gasteiger partial charge is 0.264 e. The standard InChI is InChI=1S/C17H22N2O4S/c1-6-15-16(12(4)23-18-15)17(20)19(11(2)3)13-7-9-14(10-8-13)24(5,21)22/h7-11H,6H2,1-5H3. The minimum Gasteiger partial charge on any atom is -0.361 e. The number of rotatable bonds is 5. The maximum atomic E-state index is 13.0. The van der Waals surface area contributed by atoms with Gasteiger partial charge < -0.3 is 9.42 Å². The highest BCUT2D eigenvalue weighted by Crippen LogP contribution is 2.25. The first kappa shape index (κ1) is 18.2. The lowest BCUT2D eigenvalue weighted by Crippen LogP contribution is -2.37. The summed E-state index contributed by atoms with van der Waals surface area (Å²) >= 11 is 0. The third kappa shape index (κ3) is 3.51. The molecule has 1 amide bonds. The molecule has 0 bridgehead atoms. The summed E-state index contributed by atoms with van der Waals surface area (Å²) in [6.45, 7) is 7.42. The Morgan fingerprint density at radius 2 is 1.83 bits per heavy atom. The molecule has 0 aliphatic carbocycles. The third-order valence-electron chi connectivity index (χ3n) is 3.76. The number of carbonyl (C=O) groups excluding carboxylic acids is 1. The second kappa shape index (κ2) is 6.76. The van der Waals surface area contributed by atoms with Gasteiger partial charge in [0.1, 0.15) is 11.3 Å². The van der Waals surface area contributed by atoms with Gasteiger partial charge in [-0.3, -0.25) is 4.79 Å². The molecule has 1 aromatic heterocycles. The molecule has 0 aliphatic heterocycles. The molecule has 0 unspecified atom stereocenters. The van der Waals surface area contributed by atoms with Gasteiger partial charge in [-0.2, -0.15) is 0 Å². The van der Waals surface area contributed by atoms with E-state index in [0.717, 1.165) is 6.26 Å². The van der Waals surface area contributed by atoms with Crippen LogP contribution in [0.3, 0.4) is 0 Å². The van der Waals surface area contributed by atoms with Gasteiger partial charge in [0.15, 0.2) is 9.84 Å². The second-order valence-corrected chi connectivity index (χ2v) is 7.96. The van der Waals surface area contributed by atoms with Crippen LogP contribution in [-0.4, -0.2) is 31.8 Å². The van der Waals surface area contributed by atoms with Gasteiger partial charge in [-0.15, -0.1) is 0 Å². The molecule has 0 atom stereocenters. The monoisotopic (exact) mass is 350 g/mol. The zero-order chi connectivity index (χ0) is 18.1. The van der Waals surface area contributed by atoms with Crippen LogP contribution in [0, 0.1) is 6.92 Å². The van der Waals surface area contributed by atoms with Crippen molar-refractivity contribution in [2.24, 2.45) is 0 Å². The minimum absolute atomic E-state index is 0.111. The molecule has 0 spiro atoms. The summed E-state index contributed by atoms with van der Waals surface area (Å²) in [6, 6.07) is 6.19. The molecule has 0 radical (unpaired) electrons. The van der Waals surface area contributed by atoms with Crippen molar-refractivity contribution in [3.8, 4) is 0 Å². The molecule has 0 N–H and O–H groups in total. The number of benzene rings is 1. The van der Waals surface area contributed by atoms with Gasteiger partial charge in [-0.05, 0) is 51.5 Å². The van der Waals surface area contributed by atoms with Crippen LogP contribution in [-0.2, 0) is 16.3 Å². The van der Waals surface area contributed by atoms with Gasteiger partial charge in [0.2, 0.25) is 0 Å². The highest BCUT2D eigenvalue weighted by molar-refractivity contribution is 7.90. The van der Waals surface area contributed by atoms with E-state index in [9.17, 15) is 13.2 Å². The van der Waals surface area contributed by atoms with Crippen molar-refractivity contribution in [2.75, 3.05) is 11.2 Å². The normalized spacial score (nSPS) is 11.8. The van der Waals surface area contributed by atoms with Gasteiger partial charge in [-0.25, -0.2) is 8.42 Å². The number of anilines is 1. The van der Waals surface area contributed by atoms with Crippen LogP contribution in [0.2, 0.25) is 0 Å². The van der Waals surface area contributed by atoms with Crippen LogP contribution in [0.25, 0.3) is 0 Å². The number of aryl methyl sites for hydroxylation is 2. The Morgan fingerprint density at radius 1 is 1.25 bits per heavy atom. The number of nitrogens with zero attached hydrogens (tertiary/aromatic N) is 2. The molecule has 0 saturated carbocycles. The molecule has 1 heterocycles. The van der Waals surface area contributed by atoms with E-state index < -0.39 is 9.84 Å². The molecule has 0 aliphatic rings. The Kier molecular flexibility index (Phi) is 5.13. The molecule has 0 saturated heterocycles. The summed E-state index contributed by atoms with van der Waals surface area (Å²) in [6.07, 6.45) is 1.75. The zero-order valence-corrected chi connectivity index (χ0v) is 15.3. The fraction of sp³-hybridized carbons (Fsp3) is 0.412. The summed E-state index contributed by atoms with van der Waals surface area (Å²) in [5, 5.41) is 3.94. The van der Waals surface area contributed by atoms with E-state index in [0.29, 0.717) is 29.1 Å². The van der Waals surface area contributed by atoms with Gasteiger partial charge in [0.25, 0.3) is 5.91 Å². The fourth-order valence-corrected chi connectivity index (χ4v) is 3.19. The average Bonchev–Trinajstić information content (AvgIpc) is 2.87. The fourth-order valence-electron chi connectivity index (χ4n) is 2.56. The highest BCUT2D eigenvalue weighted by Gasteiger charge is 2.27. The number of aromatic nitrogens is 1. The summed E-state index contributed by atoms with van der Waals surface area (Å²) in [4.78, 5) is 14.9. The quantitative estimate of drug-likeness (QED) is 0.828. The maximum absolute atomic E-state index is 13.0. The number of sulfone groups is 1. The largest absolute Gasteiger partial charge is 0.361 e. The van der Waals surface area contributed by atoms with Gasteiger partial charge in [-0.1, -0.05) is 12.1 Å². The number of amides is 1. The Bertz CT molecular complexity index is 836. The van der Waals surface area contributed by atoms with Crippen molar-refractivity contribution in [1.29, 1.82) is 0 Å².